The molecule has 1 aliphatic rings. The SMILES string of the molecule is CCOC(=O)[C@@H]1CCCCN1C(=O)CSc1nnc(-c2ccc(Cl)cc2)o1. The van der Waals surface area contributed by atoms with Gasteiger partial charge in [-0.05, 0) is 50.5 Å². The second-order valence-electron chi connectivity index (χ2n) is 6.02. The summed E-state index contributed by atoms with van der Waals surface area (Å²) in [5, 5.41) is 8.89. The molecule has 144 valence electrons. The fourth-order valence-electron chi connectivity index (χ4n) is 2.90. The minimum atomic E-state index is -0.501. The number of piperidine rings is 1. The number of hydrogen-bond acceptors (Lipinski definition) is 7. The summed E-state index contributed by atoms with van der Waals surface area (Å²) < 4.78 is 10.7. The van der Waals surface area contributed by atoms with E-state index in [1.807, 2.05) is 0 Å². The number of carbonyl (C=O) groups is 2. The lowest BCUT2D eigenvalue weighted by atomic mass is 10.0. The molecule has 1 aromatic carbocycles. The Bertz CT molecular complexity index is 796. The fourth-order valence-corrected chi connectivity index (χ4v) is 3.67. The monoisotopic (exact) mass is 409 g/mol. The van der Waals surface area contributed by atoms with Gasteiger partial charge in [-0.3, -0.25) is 4.79 Å². The minimum Gasteiger partial charge on any atom is -0.464 e. The molecule has 1 aliphatic heterocycles. The van der Waals surface area contributed by atoms with Crippen LogP contribution in [0.2, 0.25) is 5.02 Å². The molecule has 3 rings (SSSR count). The maximum Gasteiger partial charge on any atom is 0.328 e. The highest BCUT2D eigenvalue weighted by Crippen LogP contribution is 2.26. The highest BCUT2D eigenvalue weighted by molar-refractivity contribution is 7.99. The number of hydrogen-bond donors (Lipinski definition) is 0. The molecule has 1 saturated heterocycles. The Morgan fingerprint density at radius 2 is 2.07 bits per heavy atom. The maximum atomic E-state index is 12.6. The molecule has 9 heteroatoms. The highest BCUT2D eigenvalue weighted by Gasteiger charge is 2.33. The second-order valence-corrected chi connectivity index (χ2v) is 7.38. The summed E-state index contributed by atoms with van der Waals surface area (Å²) in [6.45, 7) is 2.63. The standard InChI is InChI=1S/C18H20ClN3O4S/c1-2-25-17(24)14-5-3-4-10-22(14)15(23)11-27-18-21-20-16(26-18)12-6-8-13(19)9-7-12/h6-9,14H,2-5,10-11H2,1H3/t14-/m0/s1. The van der Waals surface area contributed by atoms with Crippen LogP contribution in [0.1, 0.15) is 26.2 Å². The fraction of sp³-hybridized carbons (Fsp3) is 0.444. The predicted molar refractivity (Wildman–Crippen MR) is 101 cm³/mol. The minimum absolute atomic E-state index is 0.123. The summed E-state index contributed by atoms with van der Waals surface area (Å²) in [6.07, 6.45) is 2.43. The number of esters is 1. The topological polar surface area (TPSA) is 85.5 Å². The molecule has 0 N–H and O–H groups in total. The molecular formula is C18H20ClN3O4S. The van der Waals surface area contributed by atoms with E-state index in [1.165, 1.54) is 0 Å². The molecule has 0 unspecified atom stereocenters. The molecule has 0 aliphatic carbocycles. The van der Waals surface area contributed by atoms with E-state index in [0.29, 0.717) is 35.7 Å². The van der Waals surface area contributed by atoms with Crippen LogP contribution in [0.3, 0.4) is 0 Å². The predicted octanol–water partition coefficient (Wildman–Crippen LogP) is 3.43. The Hall–Kier alpha value is -2.06. The molecule has 1 amide bonds. The van der Waals surface area contributed by atoms with Gasteiger partial charge in [-0.1, -0.05) is 23.4 Å². The van der Waals surface area contributed by atoms with Gasteiger partial charge in [0.15, 0.2) is 0 Å². The van der Waals surface area contributed by atoms with E-state index in [9.17, 15) is 9.59 Å². The first-order chi connectivity index (χ1) is 13.1. The Morgan fingerprint density at radius 1 is 1.30 bits per heavy atom. The lowest BCUT2D eigenvalue weighted by molar-refractivity contribution is -0.155. The largest absolute Gasteiger partial charge is 0.464 e. The molecule has 1 atom stereocenters. The van der Waals surface area contributed by atoms with Gasteiger partial charge in [-0.25, -0.2) is 4.79 Å². The highest BCUT2D eigenvalue weighted by atomic mass is 35.5. The van der Waals surface area contributed by atoms with Crippen molar-refractivity contribution in [3.8, 4) is 11.5 Å². The maximum absolute atomic E-state index is 12.6. The van der Waals surface area contributed by atoms with Crippen molar-refractivity contribution >= 4 is 35.2 Å². The molecule has 7 nitrogen and oxygen atoms in total. The van der Waals surface area contributed by atoms with Gasteiger partial charge in [0.1, 0.15) is 6.04 Å². The van der Waals surface area contributed by atoms with Crippen LogP contribution in [0, 0.1) is 0 Å². The molecule has 2 aromatic rings. The lowest BCUT2D eigenvalue weighted by Gasteiger charge is -2.33. The van der Waals surface area contributed by atoms with Gasteiger partial charge in [-0.2, -0.15) is 0 Å². The third-order valence-electron chi connectivity index (χ3n) is 4.20. The first-order valence-corrected chi connectivity index (χ1v) is 10.1. The van der Waals surface area contributed by atoms with Crippen molar-refractivity contribution in [2.45, 2.75) is 37.5 Å². The number of rotatable bonds is 6. The van der Waals surface area contributed by atoms with E-state index in [0.717, 1.165) is 30.2 Å². The molecule has 1 fully saturated rings. The van der Waals surface area contributed by atoms with E-state index in [-0.39, 0.29) is 17.6 Å². The third-order valence-corrected chi connectivity index (χ3v) is 5.25. The summed E-state index contributed by atoms with van der Waals surface area (Å²) in [4.78, 5) is 26.3. The van der Waals surface area contributed by atoms with Crippen LogP contribution in [-0.2, 0) is 14.3 Å². The number of likely N-dealkylation sites (tertiary alicyclic amines) is 1. The van der Waals surface area contributed by atoms with E-state index >= 15 is 0 Å². The van der Waals surface area contributed by atoms with Gasteiger partial charge in [-0.15, -0.1) is 10.2 Å². The zero-order valence-corrected chi connectivity index (χ0v) is 16.5. The second kappa shape index (κ2) is 9.23. The van der Waals surface area contributed by atoms with Gasteiger partial charge in [0.25, 0.3) is 5.22 Å². The van der Waals surface area contributed by atoms with Crippen LogP contribution in [0.15, 0.2) is 33.9 Å². The van der Waals surface area contributed by atoms with Gasteiger partial charge < -0.3 is 14.1 Å². The summed E-state index contributed by atoms with van der Waals surface area (Å²) in [6, 6.07) is 6.55. The van der Waals surface area contributed by atoms with Crippen molar-refractivity contribution in [1.29, 1.82) is 0 Å². The number of carbonyl (C=O) groups excluding carboxylic acids is 2. The Kier molecular flexibility index (Phi) is 6.73. The molecule has 0 radical (unpaired) electrons. The van der Waals surface area contributed by atoms with Crippen molar-refractivity contribution in [3.05, 3.63) is 29.3 Å². The van der Waals surface area contributed by atoms with Crippen LogP contribution in [0.5, 0.6) is 0 Å². The van der Waals surface area contributed by atoms with E-state index < -0.39 is 6.04 Å². The number of thioether (sulfide) groups is 1. The van der Waals surface area contributed by atoms with Gasteiger partial charge >= 0.3 is 5.97 Å². The zero-order valence-electron chi connectivity index (χ0n) is 14.9. The third kappa shape index (κ3) is 5.01. The number of aromatic nitrogens is 2. The number of benzene rings is 1. The lowest BCUT2D eigenvalue weighted by Crippen LogP contribution is -2.49. The van der Waals surface area contributed by atoms with Crippen molar-refractivity contribution in [2.75, 3.05) is 18.9 Å². The molecule has 2 heterocycles. The molecule has 1 aromatic heterocycles. The van der Waals surface area contributed by atoms with Crippen molar-refractivity contribution in [1.82, 2.24) is 15.1 Å². The van der Waals surface area contributed by atoms with Crippen LogP contribution in [-0.4, -0.2) is 51.9 Å². The van der Waals surface area contributed by atoms with Crippen molar-refractivity contribution in [2.24, 2.45) is 0 Å². The van der Waals surface area contributed by atoms with Crippen molar-refractivity contribution < 1.29 is 18.7 Å². The Labute approximate surface area is 166 Å². The number of amides is 1. The summed E-state index contributed by atoms with van der Waals surface area (Å²) in [5.74, 6) is 0.0179. The molecule has 0 spiro atoms. The smallest absolute Gasteiger partial charge is 0.328 e. The average Bonchev–Trinajstić information content (AvgIpc) is 3.16. The average molecular weight is 410 g/mol. The first-order valence-electron chi connectivity index (χ1n) is 8.77. The van der Waals surface area contributed by atoms with Crippen LogP contribution in [0.4, 0.5) is 0 Å². The summed E-state index contributed by atoms with van der Waals surface area (Å²) >= 11 is 7.03. The molecule has 27 heavy (non-hydrogen) atoms. The molecular weight excluding hydrogens is 390 g/mol. The van der Waals surface area contributed by atoms with E-state index in [1.54, 1.807) is 36.1 Å². The van der Waals surface area contributed by atoms with E-state index in [4.69, 9.17) is 20.8 Å². The molecule has 0 bridgehead atoms. The van der Waals surface area contributed by atoms with Crippen molar-refractivity contribution in [3.63, 3.8) is 0 Å². The summed E-state index contributed by atoms with van der Waals surface area (Å²) in [5.41, 5.74) is 0.753. The Balaban J connectivity index is 1.59. The number of nitrogens with zero attached hydrogens (tertiary/aromatic N) is 3. The number of ether oxygens (including phenoxy) is 1. The van der Waals surface area contributed by atoms with Crippen LogP contribution < -0.4 is 0 Å². The Morgan fingerprint density at radius 3 is 2.81 bits per heavy atom. The van der Waals surface area contributed by atoms with E-state index in [2.05, 4.69) is 10.2 Å². The number of halogens is 1. The normalized spacial score (nSPS) is 17.0. The zero-order chi connectivity index (χ0) is 19.2. The quantitative estimate of drug-likeness (QED) is 0.533. The van der Waals surface area contributed by atoms with Gasteiger partial charge in [0, 0.05) is 17.1 Å². The summed E-state index contributed by atoms with van der Waals surface area (Å²) in [7, 11) is 0. The van der Waals surface area contributed by atoms with Crippen LogP contribution >= 0.6 is 23.4 Å². The van der Waals surface area contributed by atoms with Gasteiger partial charge in [0.2, 0.25) is 11.8 Å². The first kappa shape index (κ1) is 19.7. The van der Waals surface area contributed by atoms with Crippen LogP contribution in [0.25, 0.3) is 11.5 Å². The van der Waals surface area contributed by atoms with Gasteiger partial charge in [0.05, 0.1) is 12.4 Å². The molecule has 0 saturated carbocycles.